The minimum absolute atomic E-state index is 0. The monoisotopic (exact) mass is 467 g/mol. The Morgan fingerprint density at radius 3 is 2.65 bits per heavy atom. The van der Waals surface area contributed by atoms with Gasteiger partial charge >= 0.3 is 0 Å². The number of aryl methyl sites for hydroxylation is 1. The van der Waals surface area contributed by atoms with E-state index in [-0.39, 0.29) is 20.1 Å². The maximum atomic E-state index is 4.28. The third-order valence-electron chi connectivity index (χ3n) is 2.83. The minimum atomic E-state index is 0. The van der Waals surface area contributed by atoms with E-state index in [9.17, 15) is 0 Å². The Morgan fingerprint density at radius 2 is 2.00 bits per heavy atom. The third kappa shape index (κ3) is 2.67. The molecule has 0 aromatic heterocycles. The Kier molecular flexibility index (Phi) is 5.05. The quantitative estimate of drug-likeness (QED) is 0.442. The number of nitrogens with zero attached hydrogens (tertiary/aromatic N) is 1. The molecule has 0 saturated carbocycles. The van der Waals surface area contributed by atoms with Gasteiger partial charge in [0.05, 0.1) is 0 Å². The van der Waals surface area contributed by atoms with Crippen LogP contribution in [0.5, 0.6) is 0 Å². The van der Waals surface area contributed by atoms with E-state index in [1.807, 2.05) is 26.1 Å². The van der Waals surface area contributed by atoms with Gasteiger partial charge in [-0.15, -0.1) is 23.6 Å². The Labute approximate surface area is 124 Å². The van der Waals surface area contributed by atoms with Gasteiger partial charge in [0.2, 0.25) is 0 Å². The van der Waals surface area contributed by atoms with Gasteiger partial charge in [0.25, 0.3) is 0 Å². The van der Waals surface area contributed by atoms with Crippen LogP contribution < -0.4 is 0 Å². The summed E-state index contributed by atoms with van der Waals surface area (Å²) in [4.78, 5) is 4.28. The van der Waals surface area contributed by atoms with Crippen molar-refractivity contribution in [1.82, 2.24) is 0 Å². The van der Waals surface area contributed by atoms with E-state index in [2.05, 4.69) is 46.0 Å². The molecule has 0 aliphatic rings. The fourth-order valence-corrected chi connectivity index (χ4v) is 2.38. The molecular formula is C14H13BrIrN-. The summed E-state index contributed by atoms with van der Waals surface area (Å²) < 4.78 is 1.10. The van der Waals surface area contributed by atoms with Gasteiger partial charge < -0.3 is 4.99 Å². The SMILES string of the molecule is CN=C(C)c1c(C)ccc2c(Br)cc[c-]c12.[Ir]. The second kappa shape index (κ2) is 5.90. The zero-order valence-corrected chi connectivity index (χ0v) is 13.9. The Balaban J connectivity index is 0.00000144. The summed E-state index contributed by atoms with van der Waals surface area (Å²) in [6.07, 6.45) is 0. The van der Waals surface area contributed by atoms with Crippen molar-refractivity contribution in [1.29, 1.82) is 0 Å². The van der Waals surface area contributed by atoms with Crippen molar-refractivity contribution in [3.05, 3.63) is 45.9 Å². The summed E-state index contributed by atoms with van der Waals surface area (Å²) >= 11 is 3.57. The van der Waals surface area contributed by atoms with Crippen LogP contribution in [-0.4, -0.2) is 12.8 Å². The maximum Gasteiger partial charge on any atom is 0.0270 e. The summed E-state index contributed by atoms with van der Waals surface area (Å²) in [5, 5.41) is 2.32. The Hall–Kier alpha value is -0.501. The molecule has 0 amide bonds. The molecule has 2 aromatic carbocycles. The van der Waals surface area contributed by atoms with Crippen molar-refractivity contribution < 1.29 is 20.1 Å². The molecule has 0 atom stereocenters. The van der Waals surface area contributed by atoms with Gasteiger partial charge in [0, 0.05) is 27.2 Å². The molecule has 1 nitrogen and oxygen atoms in total. The van der Waals surface area contributed by atoms with Crippen LogP contribution >= 0.6 is 15.9 Å². The molecule has 0 aliphatic carbocycles. The van der Waals surface area contributed by atoms with Crippen molar-refractivity contribution in [2.24, 2.45) is 4.99 Å². The summed E-state index contributed by atoms with van der Waals surface area (Å²) in [7, 11) is 1.82. The molecule has 2 rings (SSSR count). The second-order valence-corrected chi connectivity index (χ2v) is 4.67. The Bertz CT molecular complexity index is 576. The predicted octanol–water partition coefficient (Wildman–Crippen LogP) is 4.15. The minimum Gasteiger partial charge on any atom is -0.303 e. The van der Waals surface area contributed by atoms with Crippen molar-refractivity contribution in [2.75, 3.05) is 7.05 Å². The number of hydrogen-bond donors (Lipinski definition) is 0. The third-order valence-corrected chi connectivity index (χ3v) is 3.52. The van der Waals surface area contributed by atoms with Gasteiger partial charge in [0.1, 0.15) is 0 Å². The van der Waals surface area contributed by atoms with E-state index in [0.29, 0.717) is 0 Å². The Morgan fingerprint density at radius 1 is 1.29 bits per heavy atom. The molecule has 0 heterocycles. The first-order chi connectivity index (χ1) is 7.65. The number of rotatable bonds is 1. The summed E-state index contributed by atoms with van der Waals surface area (Å²) in [5.74, 6) is 0. The van der Waals surface area contributed by atoms with Gasteiger partial charge in [-0.2, -0.15) is 0 Å². The van der Waals surface area contributed by atoms with Crippen molar-refractivity contribution in [2.45, 2.75) is 13.8 Å². The second-order valence-electron chi connectivity index (χ2n) is 3.81. The molecular weight excluding hydrogens is 454 g/mol. The standard InChI is InChI=1S/C14H13BrN.Ir/c1-9-7-8-11-12(5-4-6-13(11)15)14(9)10(2)16-3;/h4,6-8H,1-3H3;/q-1;. The van der Waals surface area contributed by atoms with Crippen molar-refractivity contribution in [3.8, 4) is 0 Å². The number of aliphatic imine (C=N–C) groups is 1. The van der Waals surface area contributed by atoms with Crippen LogP contribution in [0.2, 0.25) is 0 Å². The predicted molar refractivity (Wildman–Crippen MR) is 73.4 cm³/mol. The van der Waals surface area contributed by atoms with E-state index in [0.717, 1.165) is 15.6 Å². The van der Waals surface area contributed by atoms with Crippen LogP contribution in [0.15, 0.2) is 33.7 Å². The molecule has 1 radical (unpaired) electrons. The van der Waals surface area contributed by atoms with Gasteiger partial charge in [-0.05, 0) is 19.6 Å². The van der Waals surface area contributed by atoms with E-state index in [1.165, 1.54) is 16.5 Å². The molecule has 17 heavy (non-hydrogen) atoms. The average molecular weight is 467 g/mol. The van der Waals surface area contributed by atoms with E-state index >= 15 is 0 Å². The average Bonchev–Trinajstić information content (AvgIpc) is 2.28. The first kappa shape index (κ1) is 14.6. The van der Waals surface area contributed by atoms with Gasteiger partial charge in [-0.25, -0.2) is 0 Å². The van der Waals surface area contributed by atoms with Crippen LogP contribution in [0, 0.1) is 13.0 Å². The summed E-state index contributed by atoms with van der Waals surface area (Å²) in [6.45, 7) is 4.15. The van der Waals surface area contributed by atoms with E-state index < -0.39 is 0 Å². The number of benzene rings is 2. The number of fused-ring (bicyclic) bond motifs is 1. The maximum absolute atomic E-state index is 4.28. The summed E-state index contributed by atoms with van der Waals surface area (Å²) in [6, 6.07) is 11.5. The molecule has 0 fully saturated rings. The number of hydrogen-bond acceptors (Lipinski definition) is 1. The van der Waals surface area contributed by atoms with Crippen LogP contribution in [0.4, 0.5) is 0 Å². The largest absolute Gasteiger partial charge is 0.303 e. The fraction of sp³-hybridized carbons (Fsp3) is 0.214. The zero-order chi connectivity index (χ0) is 11.7. The van der Waals surface area contributed by atoms with Crippen molar-refractivity contribution >= 4 is 32.4 Å². The molecule has 0 spiro atoms. The normalized spacial score (nSPS) is 11.4. The first-order valence-corrected chi connectivity index (χ1v) is 5.97. The molecule has 0 unspecified atom stereocenters. The van der Waals surface area contributed by atoms with Crippen LogP contribution in [0.3, 0.4) is 0 Å². The van der Waals surface area contributed by atoms with Crippen LogP contribution in [-0.2, 0) is 20.1 Å². The topological polar surface area (TPSA) is 12.4 Å². The van der Waals surface area contributed by atoms with E-state index in [4.69, 9.17) is 0 Å². The smallest absolute Gasteiger partial charge is 0.0270 e. The summed E-state index contributed by atoms with van der Waals surface area (Å²) in [5.41, 5.74) is 3.49. The van der Waals surface area contributed by atoms with Crippen LogP contribution in [0.1, 0.15) is 18.1 Å². The fourth-order valence-electron chi connectivity index (χ4n) is 1.92. The van der Waals surface area contributed by atoms with Crippen molar-refractivity contribution in [3.63, 3.8) is 0 Å². The zero-order valence-electron chi connectivity index (χ0n) is 9.97. The first-order valence-electron chi connectivity index (χ1n) is 5.18. The molecule has 0 N–H and O–H groups in total. The van der Waals surface area contributed by atoms with Gasteiger partial charge in [0.15, 0.2) is 0 Å². The van der Waals surface area contributed by atoms with Gasteiger partial charge in [-0.1, -0.05) is 49.0 Å². The molecule has 0 saturated heterocycles. The van der Waals surface area contributed by atoms with Crippen LogP contribution in [0.25, 0.3) is 10.8 Å². The number of halogens is 1. The molecule has 3 heteroatoms. The van der Waals surface area contributed by atoms with Gasteiger partial charge in [-0.3, -0.25) is 0 Å². The molecule has 2 aromatic rings. The van der Waals surface area contributed by atoms with E-state index in [1.54, 1.807) is 0 Å². The molecule has 91 valence electrons. The molecule has 0 bridgehead atoms. The molecule has 0 aliphatic heterocycles.